The molecule has 106 valence electrons. The number of nitrogens with one attached hydrogen (secondary N) is 1. The van der Waals surface area contributed by atoms with E-state index < -0.39 is 0 Å². The zero-order chi connectivity index (χ0) is 14.4. The molecule has 1 atom stereocenters. The van der Waals surface area contributed by atoms with Crippen molar-refractivity contribution in [3.8, 4) is 5.75 Å². The van der Waals surface area contributed by atoms with Gasteiger partial charge in [0.05, 0.1) is 6.04 Å². The Hall–Kier alpha value is -1.91. The number of para-hydroxylation sites is 1. The summed E-state index contributed by atoms with van der Waals surface area (Å²) in [6.45, 7) is 2.39. The number of benzene rings is 2. The quantitative estimate of drug-likeness (QED) is 0.629. The summed E-state index contributed by atoms with van der Waals surface area (Å²) >= 11 is 0. The smallest absolute Gasteiger partial charge is 0.123 e. The molecule has 0 radical (unpaired) electrons. The molecule has 3 N–H and O–H groups in total. The van der Waals surface area contributed by atoms with E-state index in [1.54, 1.807) is 12.1 Å². The molecule has 20 heavy (non-hydrogen) atoms. The molecule has 1 unspecified atom stereocenters. The lowest BCUT2D eigenvalue weighted by Crippen LogP contribution is -2.41. The van der Waals surface area contributed by atoms with Crippen LogP contribution in [-0.2, 0) is 6.42 Å². The first-order valence-electron chi connectivity index (χ1n) is 6.58. The van der Waals surface area contributed by atoms with Crippen LogP contribution >= 0.6 is 0 Å². The predicted molar refractivity (Wildman–Crippen MR) is 77.9 cm³/mol. The lowest BCUT2D eigenvalue weighted by Gasteiger charge is -2.18. The summed E-state index contributed by atoms with van der Waals surface area (Å²) in [6.07, 6.45) is 0.618. The number of nitrogens with two attached hydrogens (primary N) is 1. The van der Waals surface area contributed by atoms with Gasteiger partial charge in [-0.25, -0.2) is 4.39 Å². The van der Waals surface area contributed by atoms with Gasteiger partial charge in [-0.3, -0.25) is 11.3 Å². The summed E-state index contributed by atoms with van der Waals surface area (Å²) in [4.78, 5) is 0. The van der Waals surface area contributed by atoms with Crippen LogP contribution in [0.1, 0.15) is 11.1 Å². The van der Waals surface area contributed by atoms with E-state index in [9.17, 15) is 4.39 Å². The number of hydrogen-bond acceptors (Lipinski definition) is 3. The van der Waals surface area contributed by atoms with Gasteiger partial charge in [0, 0.05) is 0 Å². The summed E-state index contributed by atoms with van der Waals surface area (Å²) in [6, 6.07) is 14.2. The van der Waals surface area contributed by atoms with Crippen LogP contribution in [0.5, 0.6) is 5.75 Å². The molecular weight excluding hydrogens is 255 g/mol. The van der Waals surface area contributed by atoms with Gasteiger partial charge < -0.3 is 4.74 Å². The molecule has 0 aliphatic heterocycles. The third-order valence-corrected chi connectivity index (χ3v) is 3.21. The topological polar surface area (TPSA) is 47.3 Å². The fourth-order valence-electron chi connectivity index (χ4n) is 2.00. The molecule has 0 heterocycles. The van der Waals surface area contributed by atoms with Gasteiger partial charge in [0.2, 0.25) is 0 Å². The van der Waals surface area contributed by atoms with Crippen molar-refractivity contribution < 1.29 is 9.13 Å². The fourth-order valence-corrected chi connectivity index (χ4v) is 2.00. The van der Waals surface area contributed by atoms with Crippen LogP contribution in [0.25, 0.3) is 0 Å². The summed E-state index contributed by atoms with van der Waals surface area (Å²) in [5.41, 5.74) is 4.70. The lowest BCUT2D eigenvalue weighted by molar-refractivity contribution is 0.264. The molecular formula is C16H19FN2O. The molecule has 0 aromatic heterocycles. The number of ether oxygens (including phenoxy) is 1. The molecule has 0 amide bonds. The Balaban J connectivity index is 1.97. The molecule has 4 heteroatoms. The summed E-state index contributed by atoms with van der Waals surface area (Å²) in [7, 11) is 0. The largest absolute Gasteiger partial charge is 0.492 e. The van der Waals surface area contributed by atoms with Crippen LogP contribution in [0, 0.1) is 12.7 Å². The standard InChI is InChI=1S/C16H19FN2O/c1-12-7-8-14(17)9-13(12)10-15(19-18)11-20-16-5-3-2-4-6-16/h2-9,15,19H,10-11,18H2,1H3. The van der Waals surface area contributed by atoms with Gasteiger partial charge in [0.25, 0.3) is 0 Å². The fraction of sp³-hybridized carbons (Fsp3) is 0.250. The van der Waals surface area contributed by atoms with Gasteiger partial charge in [-0.1, -0.05) is 24.3 Å². The number of halogens is 1. The van der Waals surface area contributed by atoms with Crippen molar-refractivity contribution in [1.82, 2.24) is 5.43 Å². The first kappa shape index (κ1) is 14.5. The molecule has 2 aromatic carbocycles. The van der Waals surface area contributed by atoms with Crippen LogP contribution in [0.4, 0.5) is 4.39 Å². The first-order chi connectivity index (χ1) is 9.69. The zero-order valence-corrected chi connectivity index (χ0v) is 11.5. The van der Waals surface area contributed by atoms with E-state index in [0.29, 0.717) is 13.0 Å². The molecule has 0 aliphatic carbocycles. The van der Waals surface area contributed by atoms with Gasteiger partial charge in [0.15, 0.2) is 0 Å². The summed E-state index contributed by atoms with van der Waals surface area (Å²) in [5.74, 6) is 6.11. The van der Waals surface area contributed by atoms with Crippen molar-refractivity contribution in [3.63, 3.8) is 0 Å². The zero-order valence-electron chi connectivity index (χ0n) is 11.5. The van der Waals surface area contributed by atoms with E-state index in [-0.39, 0.29) is 11.9 Å². The summed E-state index contributed by atoms with van der Waals surface area (Å²) in [5, 5.41) is 0. The molecule has 0 fully saturated rings. The normalized spacial score (nSPS) is 12.2. The highest BCUT2D eigenvalue weighted by molar-refractivity contribution is 5.27. The first-order valence-corrected chi connectivity index (χ1v) is 6.58. The molecule has 0 bridgehead atoms. The maximum atomic E-state index is 13.3. The van der Waals surface area contributed by atoms with Crippen LogP contribution in [-0.4, -0.2) is 12.6 Å². The minimum atomic E-state index is -0.231. The van der Waals surface area contributed by atoms with E-state index >= 15 is 0 Å². The second-order valence-corrected chi connectivity index (χ2v) is 4.76. The van der Waals surface area contributed by atoms with Gasteiger partial charge >= 0.3 is 0 Å². The Labute approximate surface area is 118 Å². The van der Waals surface area contributed by atoms with Gasteiger partial charge in [-0.05, 0) is 48.7 Å². The molecule has 0 saturated carbocycles. The summed E-state index contributed by atoms with van der Waals surface area (Å²) < 4.78 is 18.9. The van der Waals surface area contributed by atoms with Crippen molar-refractivity contribution in [2.75, 3.05) is 6.61 Å². The van der Waals surface area contributed by atoms with Gasteiger partial charge in [-0.2, -0.15) is 0 Å². The SMILES string of the molecule is Cc1ccc(F)cc1CC(COc1ccccc1)NN. The third-order valence-electron chi connectivity index (χ3n) is 3.21. The minimum absolute atomic E-state index is 0.0734. The average Bonchev–Trinajstić information content (AvgIpc) is 2.48. The van der Waals surface area contributed by atoms with Crippen LogP contribution < -0.4 is 16.0 Å². The maximum Gasteiger partial charge on any atom is 0.123 e. The Morgan fingerprint density at radius 1 is 1.20 bits per heavy atom. The number of rotatable bonds is 6. The third kappa shape index (κ3) is 4.05. The number of hydrogen-bond donors (Lipinski definition) is 2. The maximum absolute atomic E-state index is 13.3. The molecule has 2 aromatic rings. The van der Waals surface area contributed by atoms with Crippen LogP contribution in [0.15, 0.2) is 48.5 Å². The molecule has 0 spiro atoms. The average molecular weight is 274 g/mol. The van der Waals surface area contributed by atoms with Crippen molar-refractivity contribution in [2.24, 2.45) is 5.84 Å². The van der Waals surface area contributed by atoms with Crippen LogP contribution in [0.3, 0.4) is 0 Å². The number of hydrazine groups is 1. The highest BCUT2D eigenvalue weighted by Crippen LogP contribution is 2.14. The second kappa shape index (κ2) is 7.03. The van der Waals surface area contributed by atoms with E-state index in [1.807, 2.05) is 37.3 Å². The van der Waals surface area contributed by atoms with E-state index in [0.717, 1.165) is 16.9 Å². The lowest BCUT2D eigenvalue weighted by atomic mass is 10.0. The van der Waals surface area contributed by atoms with Crippen LogP contribution in [0.2, 0.25) is 0 Å². The number of aryl methyl sites for hydroxylation is 1. The molecule has 0 aliphatic rings. The highest BCUT2D eigenvalue weighted by Gasteiger charge is 2.11. The predicted octanol–water partition coefficient (Wildman–Crippen LogP) is 2.59. The Morgan fingerprint density at radius 2 is 1.95 bits per heavy atom. The highest BCUT2D eigenvalue weighted by atomic mass is 19.1. The van der Waals surface area contributed by atoms with Crippen molar-refractivity contribution in [2.45, 2.75) is 19.4 Å². The monoisotopic (exact) mass is 274 g/mol. The van der Waals surface area contributed by atoms with E-state index in [2.05, 4.69) is 5.43 Å². The molecule has 0 saturated heterocycles. The van der Waals surface area contributed by atoms with E-state index in [4.69, 9.17) is 10.6 Å². The second-order valence-electron chi connectivity index (χ2n) is 4.76. The van der Waals surface area contributed by atoms with Crippen molar-refractivity contribution in [1.29, 1.82) is 0 Å². The van der Waals surface area contributed by atoms with Crippen molar-refractivity contribution in [3.05, 3.63) is 65.5 Å². The van der Waals surface area contributed by atoms with Crippen molar-refractivity contribution >= 4 is 0 Å². The minimum Gasteiger partial charge on any atom is -0.492 e. The molecule has 2 rings (SSSR count). The van der Waals surface area contributed by atoms with Gasteiger partial charge in [-0.15, -0.1) is 0 Å². The molecule has 3 nitrogen and oxygen atoms in total. The van der Waals surface area contributed by atoms with Gasteiger partial charge in [0.1, 0.15) is 18.2 Å². The Bertz CT molecular complexity index is 545. The Morgan fingerprint density at radius 3 is 2.65 bits per heavy atom. The Kier molecular flexibility index (Phi) is 5.09. The van der Waals surface area contributed by atoms with E-state index in [1.165, 1.54) is 6.07 Å².